The Hall–Kier alpha value is 0.460. The van der Waals surface area contributed by atoms with E-state index in [1.807, 2.05) is 19.0 Å². The molecule has 0 bridgehead atoms. The van der Waals surface area contributed by atoms with Crippen LogP contribution in [0.1, 0.15) is 0 Å². The van der Waals surface area contributed by atoms with E-state index in [2.05, 4.69) is 0 Å². The molecule has 0 aromatic carbocycles. The van der Waals surface area contributed by atoms with Crippen LogP contribution < -0.4 is 5.73 Å². The fraction of sp³-hybridized carbons (Fsp3) is 1.00. The summed E-state index contributed by atoms with van der Waals surface area (Å²) in [6.45, 7) is 1.07. The number of alkyl halides is 2. The zero-order valence-corrected chi connectivity index (χ0v) is 8.89. The molecule has 0 radical (unpaired) electrons. The van der Waals surface area contributed by atoms with Crippen LogP contribution in [0.25, 0.3) is 0 Å². The molecule has 0 aromatic heterocycles. The highest BCUT2D eigenvalue weighted by molar-refractivity contribution is 6.44. The van der Waals surface area contributed by atoms with Crippen molar-refractivity contribution in [1.82, 2.24) is 4.90 Å². The minimum Gasteiger partial charge on any atom is -0.390 e. The summed E-state index contributed by atoms with van der Waals surface area (Å²) in [5, 5.41) is 9.46. The Morgan fingerprint density at radius 1 is 1.42 bits per heavy atom. The summed E-state index contributed by atoms with van der Waals surface area (Å²) in [6, 6.07) is 0. The van der Waals surface area contributed by atoms with E-state index in [-0.39, 0.29) is 5.92 Å². The van der Waals surface area contributed by atoms with Crippen molar-refractivity contribution in [2.24, 2.45) is 11.7 Å². The first-order valence-corrected chi connectivity index (χ1v) is 4.67. The number of nitrogens with zero attached hydrogens (tertiary/aromatic N) is 1. The molecule has 5 heteroatoms. The van der Waals surface area contributed by atoms with Crippen LogP contribution in [0.5, 0.6) is 0 Å². The number of halogens is 2. The van der Waals surface area contributed by atoms with E-state index in [1.54, 1.807) is 0 Å². The standard InChI is InChI=1S/C7H16Cl2N2O/c1-11(2)4-5(3-10)6(12)7(8)9/h5-7,12H,3-4,10H2,1-2H3. The summed E-state index contributed by atoms with van der Waals surface area (Å²) in [7, 11) is 3.82. The zero-order valence-electron chi connectivity index (χ0n) is 7.37. The summed E-state index contributed by atoms with van der Waals surface area (Å²) >= 11 is 11.1. The molecule has 0 rings (SSSR count). The van der Waals surface area contributed by atoms with Gasteiger partial charge in [0.2, 0.25) is 0 Å². The molecular weight excluding hydrogens is 199 g/mol. The maximum atomic E-state index is 9.46. The lowest BCUT2D eigenvalue weighted by molar-refractivity contribution is 0.106. The Labute approximate surface area is 83.4 Å². The van der Waals surface area contributed by atoms with Crippen LogP contribution >= 0.6 is 23.2 Å². The van der Waals surface area contributed by atoms with Crippen LogP contribution in [0, 0.1) is 5.92 Å². The maximum absolute atomic E-state index is 9.46. The average Bonchev–Trinajstić information content (AvgIpc) is 1.98. The maximum Gasteiger partial charge on any atom is 0.133 e. The molecule has 12 heavy (non-hydrogen) atoms. The molecule has 0 heterocycles. The fourth-order valence-electron chi connectivity index (χ4n) is 0.997. The van der Waals surface area contributed by atoms with Gasteiger partial charge in [0.15, 0.2) is 0 Å². The molecule has 2 atom stereocenters. The topological polar surface area (TPSA) is 49.5 Å². The van der Waals surface area contributed by atoms with Gasteiger partial charge in [-0.25, -0.2) is 0 Å². The van der Waals surface area contributed by atoms with E-state index in [0.717, 1.165) is 0 Å². The van der Waals surface area contributed by atoms with Gasteiger partial charge >= 0.3 is 0 Å². The summed E-state index contributed by atoms with van der Waals surface area (Å²) in [5.41, 5.74) is 5.46. The van der Waals surface area contributed by atoms with E-state index >= 15 is 0 Å². The van der Waals surface area contributed by atoms with Crippen LogP contribution in [0.4, 0.5) is 0 Å². The second-order valence-corrected chi connectivity index (χ2v) is 4.25. The van der Waals surface area contributed by atoms with E-state index in [4.69, 9.17) is 28.9 Å². The van der Waals surface area contributed by atoms with Crippen molar-refractivity contribution in [3.05, 3.63) is 0 Å². The Kier molecular flexibility index (Phi) is 6.23. The van der Waals surface area contributed by atoms with Crippen LogP contribution in [0.15, 0.2) is 0 Å². The van der Waals surface area contributed by atoms with Crippen molar-refractivity contribution in [3.63, 3.8) is 0 Å². The van der Waals surface area contributed by atoms with Gasteiger partial charge in [0.05, 0.1) is 6.10 Å². The van der Waals surface area contributed by atoms with E-state index in [1.165, 1.54) is 0 Å². The Balaban J connectivity index is 3.96. The average molecular weight is 215 g/mol. The normalized spacial score (nSPS) is 17.0. The quantitative estimate of drug-likeness (QED) is 0.648. The molecule has 0 fully saturated rings. The van der Waals surface area contributed by atoms with Crippen molar-refractivity contribution in [3.8, 4) is 0 Å². The van der Waals surface area contributed by atoms with Crippen LogP contribution in [0.2, 0.25) is 0 Å². The lowest BCUT2D eigenvalue weighted by Crippen LogP contribution is -2.39. The molecule has 0 aromatic rings. The Morgan fingerprint density at radius 3 is 2.17 bits per heavy atom. The van der Waals surface area contributed by atoms with Crippen molar-refractivity contribution in [1.29, 1.82) is 0 Å². The van der Waals surface area contributed by atoms with Gasteiger partial charge in [-0.2, -0.15) is 0 Å². The van der Waals surface area contributed by atoms with Crippen molar-refractivity contribution in [2.45, 2.75) is 10.9 Å². The smallest absolute Gasteiger partial charge is 0.133 e. The highest BCUT2D eigenvalue weighted by Gasteiger charge is 2.23. The molecular formula is C7H16Cl2N2O. The highest BCUT2D eigenvalue weighted by Crippen LogP contribution is 2.15. The number of rotatable bonds is 5. The minimum absolute atomic E-state index is 0.0694. The van der Waals surface area contributed by atoms with E-state index in [0.29, 0.717) is 13.1 Å². The summed E-state index contributed by atoms with van der Waals surface area (Å²) in [6.07, 6.45) is -0.749. The summed E-state index contributed by atoms with van der Waals surface area (Å²) in [5.74, 6) is -0.0694. The number of aliphatic hydroxyl groups is 1. The van der Waals surface area contributed by atoms with Gasteiger partial charge in [0, 0.05) is 12.5 Å². The third-order valence-electron chi connectivity index (χ3n) is 1.64. The van der Waals surface area contributed by atoms with Crippen molar-refractivity contribution < 1.29 is 5.11 Å². The van der Waals surface area contributed by atoms with E-state index in [9.17, 15) is 5.11 Å². The van der Waals surface area contributed by atoms with Crippen LogP contribution in [-0.2, 0) is 0 Å². The summed E-state index contributed by atoms with van der Waals surface area (Å²) < 4.78 is 0. The number of nitrogens with two attached hydrogens (primary N) is 1. The number of aliphatic hydroxyl groups excluding tert-OH is 1. The molecule has 0 spiro atoms. The third-order valence-corrected chi connectivity index (χ3v) is 2.16. The molecule has 74 valence electrons. The van der Waals surface area contributed by atoms with Gasteiger partial charge in [0.25, 0.3) is 0 Å². The Morgan fingerprint density at radius 2 is 1.92 bits per heavy atom. The molecule has 3 N–H and O–H groups in total. The van der Waals surface area contributed by atoms with Crippen molar-refractivity contribution in [2.75, 3.05) is 27.2 Å². The number of hydrogen-bond donors (Lipinski definition) is 2. The monoisotopic (exact) mass is 214 g/mol. The van der Waals surface area contributed by atoms with Crippen LogP contribution in [0.3, 0.4) is 0 Å². The van der Waals surface area contributed by atoms with Crippen LogP contribution in [-0.4, -0.2) is 48.1 Å². The second-order valence-electron chi connectivity index (χ2n) is 3.08. The predicted octanol–water partition coefficient (Wildman–Crippen LogP) is 0.288. The van der Waals surface area contributed by atoms with Gasteiger partial charge in [-0.1, -0.05) is 0 Å². The Bertz CT molecular complexity index is 122. The van der Waals surface area contributed by atoms with Gasteiger partial charge in [0.1, 0.15) is 4.84 Å². The third kappa shape index (κ3) is 4.48. The molecule has 0 aliphatic carbocycles. The zero-order chi connectivity index (χ0) is 9.72. The largest absolute Gasteiger partial charge is 0.390 e. The SMILES string of the molecule is CN(C)CC(CN)C(O)C(Cl)Cl. The first kappa shape index (κ1) is 12.5. The molecule has 3 nitrogen and oxygen atoms in total. The first-order chi connectivity index (χ1) is 5.49. The molecule has 0 aliphatic rings. The van der Waals surface area contributed by atoms with Gasteiger partial charge in [-0.15, -0.1) is 23.2 Å². The fourth-order valence-corrected chi connectivity index (χ4v) is 1.41. The molecule has 0 saturated heterocycles. The lowest BCUT2D eigenvalue weighted by Gasteiger charge is -2.25. The molecule has 2 unspecified atom stereocenters. The second kappa shape index (κ2) is 6.00. The van der Waals surface area contributed by atoms with E-state index < -0.39 is 10.9 Å². The van der Waals surface area contributed by atoms with Crippen molar-refractivity contribution >= 4 is 23.2 Å². The summed E-state index contributed by atoms with van der Waals surface area (Å²) in [4.78, 5) is 1.18. The highest BCUT2D eigenvalue weighted by atomic mass is 35.5. The number of hydrogen-bond acceptors (Lipinski definition) is 3. The minimum atomic E-state index is -0.765. The van der Waals surface area contributed by atoms with Gasteiger partial charge in [-0.05, 0) is 20.6 Å². The van der Waals surface area contributed by atoms with Gasteiger partial charge < -0.3 is 15.7 Å². The molecule has 0 saturated carbocycles. The lowest BCUT2D eigenvalue weighted by atomic mass is 10.0. The van der Waals surface area contributed by atoms with Gasteiger partial charge in [-0.3, -0.25) is 0 Å². The first-order valence-electron chi connectivity index (χ1n) is 3.80. The predicted molar refractivity (Wildman–Crippen MR) is 52.6 cm³/mol. The molecule has 0 aliphatic heterocycles. The molecule has 0 amide bonds.